The summed E-state index contributed by atoms with van der Waals surface area (Å²) < 4.78 is 8.14. The van der Waals surface area contributed by atoms with E-state index < -0.39 is 0 Å². The Balaban J connectivity index is 1.45. The van der Waals surface area contributed by atoms with Gasteiger partial charge in [-0.3, -0.25) is 4.98 Å². The van der Waals surface area contributed by atoms with Crippen molar-refractivity contribution in [2.24, 2.45) is 0 Å². The topological polar surface area (TPSA) is 55.5 Å². The van der Waals surface area contributed by atoms with Gasteiger partial charge in [0.05, 0.1) is 12.5 Å². The SMILES string of the molecule is Cc1cnccc1OC1CCN(c2nccn3cncc23)CC1. The summed E-state index contributed by atoms with van der Waals surface area (Å²) in [5.41, 5.74) is 2.14. The van der Waals surface area contributed by atoms with E-state index >= 15 is 0 Å². The first kappa shape index (κ1) is 14.0. The highest BCUT2D eigenvalue weighted by Crippen LogP contribution is 2.25. The Kier molecular flexibility index (Phi) is 3.57. The predicted molar refractivity (Wildman–Crippen MR) is 87.8 cm³/mol. The summed E-state index contributed by atoms with van der Waals surface area (Å²) in [6.07, 6.45) is 13.3. The van der Waals surface area contributed by atoms with Crippen LogP contribution >= 0.6 is 0 Å². The van der Waals surface area contributed by atoms with Gasteiger partial charge in [-0.15, -0.1) is 0 Å². The Bertz CT molecular complexity index is 807. The van der Waals surface area contributed by atoms with Gasteiger partial charge in [0.25, 0.3) is 0 Å². The summed E-state index contributed by atoms with van der Waals surface area (Å²) in [5.74, 6) is 1.94. The summed E-state index contributed by atoms with van der Waals surface area (Å²) in [6.45, 7) is 3.90. The van der Waals surface area contributed by atoms with Crippen molar-refractivity contribution in [3.8, 4) is 5.75 Å². The van der Waals surface area contributed by atoms with Crippen molar-refractivity contribution in [3.05, 3.63) is 48.9 Å². The van der Waals surface area contributed by atoms with Crippen LogP contribution in [0, 0.1) is 6.92 Å². The fourth-order valence-corrected chi connectivity index (χ4v) is 3.04. The maximum absolute atomic E-state index is 6.14. The Labute approximate surface area is 134 Å². The van der Waals surface area contributed by atoms with Gasteiger partial charge in [0.2, 0.25) is 0 Å². The molecule has 4 rings (SSSR count). The molecule has 1 saturated heterocycles. The van der Waals surface area contributed by atoms with E-state index in [0.29, 0.717) is 0 Å². The second kappa shape index (κ2) is 5.87. The standard InChI is InChI=1S/C17H19N5O/c1-13-10-18-5-2-16(13)23-14-3-7-21(8-4-14)17-15-11-19-12-22(15)9-6-20-17/h2,5-6,9-12,14H,3-4,7-8H2,1H3. The van der Waals surface area contributed by atoms with Crippen molar-refractivity contribution in [3.63, 3.8) is 0 Å². The molecule has 118 valence electrons. The number of anilines is 1. The number of ether oxygens (including phenoxy) is 1. The maximum atomic E-state index is 6.14. The van der Waals surface area contributed by atoms with Gasteiger partial charge < -0.3 is 14.0 Å². The van der Waals surface area contributed by atoms with Crippen LogP contribution in [0.5, 0.6) is 5.75 Å². The van der Waals surface area contributed by atoms with Gasteiger partial charge in [-0.2, -0.15) is 0 Å². The van der Waals surface area contributed by atoms with Gasteiger partial charge in [-0.1, -0.05) is 0 Å². The van der Waals surface area contributed by atoms with Crippen molar-refractivity contribution in [1.29, 1.82) is 0 Å². The van der Waals surface area contributed by atoms with Crippen LogP contribution in [0.25, 0.3) is 5.52 Å². The first-order valence-corrected chi connectivity index (χ1v) is 7.90. The van der Waals surface area contributed by atoms with Crippen molar-refractivity contribution in [2.45, 2.75) is 25.9 Å². The molecule has 0 saturated carbocycles. The molecule has 0 amide bonds. The van der Waals surface area contributed by atoms with E-state index in [4.69, 9.17) is 4.74 Å². The summed E-state index contributed by atoms with van der Waals surface area (Å²) in [6, 6.07) is 1.94. The normalized spacial score (nSPS) is 16.0. The summed E-state index contributed by atoms with van der Waals surface area (Å²) in [4.78, 5) is 15.2. The molecule has 3 aromatic rings. The van der Waals surface area contributed by atoms with Gasteiger partial charge in [-0.05, 0) is 13.0 Å². The third kappa shape index (κ3) is 2.72. The van der Waals surface area contributed by atoms with Crippen LogP contribution < -0.4 is 9.64 Å². The monoisotopic (exact) mass is 309 g/mol. The number of hydrogen-bond acceptors (Lipinski definition) is 5. The van der Waals surface area contributed by atoms with Crippen LogP contribution in [0.4, 0.5) is 5.82 Å². The number of hydrogen-bond donors (Lipinski definition) is 0. The predicted octanol–water partition coefficient (Wildman–Crippen LogP) is 2.48. The average Bonchev–Trinajstić information content (AvgIpc) is 3.06. The minimum absolute atomic E-state index is 0.247. The highest BCUT2D eigenvalue weighted by Gasteiger charge is 2.23. The molecule has 0 unspecified atom stereocenters. The van der Waals surface area contributed by atoms with Crippen molar-refractivity contribution >= 4 is 11.3 Å². The van der Waals surface area contributed by atoms with Crippen LogP contribution in [0.2, 0.25) is 0 Å². The second-order valence-corrected chi connectivity index (χ2v) is 5.88. The molecule has 0 aromatic carbocycles. The summed E-state index contributed by atoms with van der Waals surface area (Å²) in [5, 5.41) is 0. The first-order valence-electron chi connectivity index (χ1n) is 7.90. The molecule has 4 heterocycles. The Hall–Kier alpha value is -2.63. The zero-order valence-electron chi connectivity index (χ0n) is 13.1. The van der Waals surface area contributed by atoms with Crippen LogP contribution in [0.3, 0.4) is 0 Å². The fraction of sp³-hybridized carbons (Fsp3) is 0.353. The molecule has 0 radical (unpaired) electrons. The number of nitrogens with zero attached hydrogens (tertiary/aromatic N) is 5. The van der Waals surface area contributed by atoms with E-state index in [9.17, 15) is 0 Å². The summed E-state index contributed by atoms with van der Waals surface area (Å²) in [7, 11) is 0. The van der Waals surface area contributed by atoms with Gasteiger partial charge in [0, 0.05) is 56.3 Å². The van der Waals surface area contributed by atoms with Gasteiger partial charge in [0.15, 0.2) is 5.82 Å². The highest BCUT2D eigenvalue weighted by atomic mass is 16.5. The molecule has 0 N–H and O–H groups in total. The molecular weight excluding hydrogens is 290 g/mol. The minimum Gasteiger partial charge on any atom is -0.490 e. The molecule has 1 fully saturated rings. The van der Waals surface area contributed by atoms with Crippen LogP contribution in [-0.2, 0) is 0 Å². The number of imidazole rings is 1. The third-order valence-electron chi connectivity index (χ3n) is 4.32. The van der Waals surface area contributed by atoms with E-state index in [1.54, 1.807) is 6.20 Å². The highest BCUT2D eigenvalue weighted by molar-refractivity contribution is 5.68. The Morgan fingerprint density at radius 2 is 2.00 bits per heavy atom. The van der Waals surface area contributed by atoms with Crippen LogP contribution in [0.15, 0.2) is 43.4 Å². The quantitative estimate of drug-likeness (QED) is 0.744. The van der Waals surface area contributed by atoms with Crippen molar-refractivity contribution in [2.75, 3.05) is 18.0 Å². The summed E-state index contributed by atoms with van der Waals surface area (Å²) >= 11 is 0. The lowest BCUT2D eigenvalue weighted by atomic mass is 10.1. The van der Waals surface area contributed by atoms with E-state index in [-0.39, 0.29) is 6.10 Å². The molecule has 0 spiro atoms. The van der Waals surface area contributed by atoms with E-state index in [1.807, 2.05) is 48.5 Å². The Morgan fingerprint density at radius 3 is 2.83 bits per heavy atom. The first-order chi connectivity index (χ1) is 11.3. The minimum atomic E-state index is 0.247. The van der Waals surface area contributed by atoms with E-state index in [2.05, 4.69) is 19.9 Å². The van der Waals surface area contributed by atoms with Crippen LogP contribution in [-0.4, -0.2) is 38.5 Å². The van der Waals surface area contributed by atoms with Crippen LogP contribution in [0.1, 0.15) is 18.4 Å². The second-order valence-electron chi connectivity index (χ2n) is 5.88. The Morgan fingerprint density at radius 1 is 1.13 bits per heavy atom. The molecule has 0 atom stereocenters. The number of rotatable bonds is 3. The molecule has 6 heteroatoms. The number of aryl methyl sites for hydroxylation is 1. The molecule has 23 heavy (non-hydrogen) atoms. The lowest BCUT2D eigenvalue weighted by Gasteiger charge is -2.33. The number of fused-ring (bicyclic) bond motifs is 1. The molecule has 0 bridgehead atoms. The lowest BCUT2D eigenvalue weighted by Crippen LogP contribution is -2.39. The smallest absolute Gasteiger partial charge is 0.154 e. The molecule has 0 aliphatic carbocycles. The van der Waals surface area contributed by atoms with Gasteiger partial charge in [-0.25, -0.2) is 9.97 Å². The number of pyridine rings is 1. The maximum Gasteiger partial charge on any atom is 0.154 e. The number of piperidine rings is 1. The zero-order valence-corrected chi connectivity index (χ0v) is 13.1. The molecule has 1 aliphatic rings. The fourth-order valence-electron chi connectivity index (χ4n) is 3.04. The van der Waals surface area contributed by atoms with Crippen molar-refractivity contribution in [1.82, 2.24) is 19.4 Å². The molecule has 3 aromatic heterocycles. The van der Waals surface area contributed by atoms with Crippen molar-refractivity contribution < 1.29 is 4.74 Å². The number of aromatic nitrogens is 4. The van der Waals surface area contributed by atoms with E-state index in [0.717, 1.165) is 48.6 Å². The largest absolute Gasteiger partial charge is 0.490 e. The molecular formula is C17H19N5O. The van der Waals surface area contributed by atoms with Gasteiger partial charge in [0.1, 0.15) is 17.4 Å². The molecule has 1 aliphatic heterocycles. The average molecular weight is 309 g/mol. The van der Waals surface area contributed by atoms with E-state index in [1.165, 1.54) is 0 Å². The molecule has 6 nitrogen and oxygen atoms in total. The third-order valence-corrected chi connectivity index (χ3v) is 4.32. The van der Waals surface area contributed by atoms with Gasteiger partial charge >= 0.3 is 0 Å². The zero-order chi connectivity index (χ0) is 15.6. The lowest BCUT2D eigenvalue weighted by molar-refractivity contribution is 0.169.